The molecule has 0 N–H and O–H groups in total. The Morgan fingerprint density at radius 1 is 1.42 bits per heavy atom. The highest BCUT2D eigenvalue weighted by Gasteiger charge is 2.32. The Hall–Kier alpha value is -0.920. The molecule has 0 spiro atoms. The van der Waals surface area contributed by atoms with Crippen LogP contribution in [0.2, 0.25) is 0 Å². The highest BCUT2D eigenvalue weighted by molar-refractivity contribution is 7.90. The fourth-order valence-corrected chi connectivity index (χ4v) is 5.29. The summed E-state index contributed by atoms with van der Waals surface area (Å²) in [6, 6.07) is 0.389. The van der Waals surface area contributed by atoms with Gasteiger partial charge in [-0.3, -0.25) is 9.58 Å². The van der Waals surface area contributed by atoms with Crippen LogP contribution in [0.4, 0.5) is 0 Å². The van der Waals surface area contributed by atoms with Crippen molar-refractivity contribution in [2.75, 3.05) is 45.7 Å². The molecule has 1 saturated heterocycles. The third-order valence-electron chi connectivity index (χ3n) is 4.83. The van der Waals surface area contributed by atoms with Crippen LogP contribution in [0, 0.1) is 11.8 Å². The lowest BCUT2D eigenvalue weighted by molar-refractivity contribution is 0.0914. The predicted octanol–water partition coefficient (Wildman–Crippen LogP) is 1.42. The Morgan fingerprint density at radius 2 is 2.12 bits per heavy atom. The molecular formula is C17H32N4O2S. The zero-order chi connectivity index (χ0) is 17.9. The smallest absolute Gasteiger partial charge is 0.147 e. The average molecular weight is 357 g/mol. The van der Waals surface area contributed by atoms with E-state index < -0.39 is 9.84 Å². The second-order valence-corrected chi connectivity index (χ2v) is 9.88. The molecule has 6 nitrogen and oxygen atoms in total. The van der Waals surface area contributed by atoms with Crippen molar-refractivity contribution in [3.63, 3.8) is 0 Å². The number of sulfone groups is 1. The van der Waals surface area contributed by atoms with E-state index in [-0.39, 0.29) is 11.7 Å². The lowest BCUT2D eigenvalue weighted by Crippen LogP contribution is -2.42. The molecule has 7 heteroatoms. The van der Waals surface area contributed by atoms with E-state index in [1.54, 1.807) is 0 Å². The Labute approximate surface area is 146 Å². The first-order chi connectivity index (χ1) is 11.2. The maximum Gasteiger partial charge on any atom is 0.147 e. The van der Waals surface area contributed by atoms with Gasteiger partial charge in [0.2, 0.25) is 0 Å². The lowest BCUT2D eigenvalue weighted by atomic mass is 9.85. The molecule has 24 heavy (non-hydrogen) atoms. The van der Waals surface area contributed by atoms with Crippen LogP contribution in [0.1, 0.15) is 31.4 Å². The summed E-state index contributed by atoms with van der Waals surface area (Å²) in [5.74, 6) is 0.958. The van der Waals surface area contributed by atoms with Crippen LogP contribution >= 0.6 is 0 Å². The maximum absolute atomic E-state index is 11.5. The van der Waals surface area contributed by atoms with E-state index in [9.17, 15) is 8.42 Å². The fraction of sp³-hybridized carbons (Fsp3) is 0.824. The van der Waals surface area contributed by atoms with Gasteiger partial charge in [-0.15, -0.1) is 0 Å². The standard InChI is InChI=1S/C17H32N4O2S/c1-14(13-24(5,22)23)10-19(2)11-15-7-6-8-20(3)17(15)16-9-18-21(4)12-16/h9,12,14-15,17H,6-8,10-11,13H2,1-5H3/t14-,15-,17+/m0/s1. The normalized spacial score (nSPS) is 24.4. The molecule has 138 valence electrons. The van der Waals surface area contributed by atoms with Gasteiger partial charge in [0, 0.05) is 44.2 Å². The van der Waals surface area contributed by atoms with E-state index >= 15 is 0 Å². The van der Waals surface area contributed by atoms with Crippen molar-refractivity contribution >= 4 is 9.84 Å². The van der Waals surface area contributed by atoms with Gasteiger partial charge in [-0.2, -0.15) is 5.10 Å². The molecule has 0 amide bonds. The van der Waals surface area contributed by atoms with Crippen LogP contribution in [0.25, 0.3) is 0 Å². The monoisotopic (exact) mass is 356 g/mol. The molecule has 1 aliphatic heterocycles. The van der Waals surface area contributed by atoms with Crippen molar-refractivity contribution in [2.45, 2.75) is 25.8 Å². The second-order valence-electron chi connectivity index (χ2n) is 7.69. The number of hydrogen-bond donors (Lipinski definition) is 0. The van der Waals surface area contributed by atoms with Crippen LogP contribution in [-0.2, 0) is 16.9 Å². The molecule has 0 aliphatic carbocycles. The second kappa shape index (κ2) is 7.97. The fourth-order valence-electron chi connectivity index (χ4n) is 4.15. The molecule has 0 aromatic carbocycles. The van der Waals surface area contributed by atoms with Gasteiger partial charge in [0.25, 0.3) is 0 Å². The largest absolute Gasteiger partial charge is 0.306 e. The Morgan fingerprint density at radius 3 is 2.71 bits per heavy atom. The highest BCUT2D eigenvalue weighted by atomic mass is 32.2. The lowest BCUT2D eigenvalue weighted by Gasteiger charge is -2.40. The van der Waals surface area contributed by atoms with E-state index in [2.05, 4.69) is 35.2 Å². The third kappa shape index (κ3) is 5.57. The molecule has 1 aliphatic rings. The Balaban J connectivity index is 2.00. The molecule has 1 aromatic rings. The van der Waals surface area contributed by atoms with E-state index in [4.69, 9.17) is 0 Å². The third-order valence-corrected chi connectivity index (χ3v) is 6.00. The van der Waals surface area contributed by atoms with Crippen LogP contribution in [0.15, 0.2) is 12.4 Å². The van der Waals surface area contributed by atoms with Crippen LogP contribution in [-0.4, -0.2) is 73.7 Å². The van der Waals surface area contributed by atoms with Crippen LogP contribution in [0.3, 0.4) is 0 Å². The number of aromatic nitrogens is 2. The Kier molecular flexibility index (Phi) is 6.45. The molecule has 0 radical (unpaired) electrons. The minimum atomic E-state index is -2.91. The van der Waals surface area contributed by atoms with Crippen molar-refractivity contribution in [3.8, 4) is 0 Å². The van der Waals surface area contributed by atoms with E-state index in [0.717, 1.165) is 19.6 Å². The summed E-state index contributed by atoms with van der Waals surface area (Å²) in [6.07, 6.45) is 7.83. The molecule has 0 unspecified atom stereocenters. The van der Waals surface area contributed by atoms with Crippen molar-refractivity contribution in [1.82, 2.24) is 19.6 Å². The van der Waals surface area contributed by atoms with Crippen molar-refractivity contribution < 1.29 is 8.42 Å². The van der Waals surface area contributed by atoms with Gasteiger partial charge in [-0.1, -0.05) is 6.92 Å². The Bertz CT molecular complexity index is 628. The van der Waals surface area contributed by atoms with Crippen molar-refractivity contribution in [3.05, 3.63) is 18.0 Å². The van der Waals surface area contributed by atoms with Crippen LogP contribution < -0.4 is 0 Å². The molecule has 3 atom stereocenters. The van der Waals surface area contributed by atoms with Gasteiger partial charge in [-0.25, -0.2) is 8.42 Å². The predicted molar refractivity (Wildman–Crippen MR) is 97.7 cm³/mol. The highest BCUT2D eigenvalue weighted by Crippen LogP contribution is 2.35. The molecule has 2 rings (SSSR count). The summed E-state index contributed by atoms with van der Waals surface area (Å²) in [5.41, 5.74) is 1.28. The zero-order valence-electron chi connectivity index (χ0n) is 15.6. The molecule has 1 fully saturated rings. The first-order valence-electron chi connectivity index (χ1n) is 8.70. The molecule has 0 bridgehead atoms. The van der Waals surface area contributed by atoms with Crippen LogP contribution in [0.5, 0.6) is 0 Å². The maximum atomic E-state index is 11.5. The summed E-state index contributed by atoms with van der Waals surface area (Å²) in [4.78, 5) is 4.72. The summed E-state index contributed by atoms with van der Waals surface area (Å²) in [7, 11) is 3.35. The van der Waals surface area contributed by atoms with Gasteiger partial charge >= 0.3 is 0 Å². The van der Waals surface area contributed by atoms with Crippen molar-refractivity contribution in [1.29, 1.82) is 0 Å². The van der Waals surface area contributed by atoms with Gasteiger partial charge in [0.1, 0.15) is 9.84 Å². The zero-order valence-corrected chi connectivity index (χ0v) is 16.5. The SMILES string of the molecule is C[C@@H](CN(C)C[C@@H]1CCCN(C)[C@H]1c1cnn(C)c1)CS(C)(=O)=O. The number of aryl methyl sites for hydroxylation is 1. The number of nitrogens with zero attached hydrogens (tertiary/aromatic N) is 4. The molecule has 2 heterocycles. The van der Waals surface area contributed by atoms with E-state index in [1.165, 1.54) is 24.7 Å². The quantitative estimate of drug-likeness (QED) is 0.739. The molecular weight excluding hydrogens is 324 g/mol. The average Bonchev–Trinajstić information content (AvgIpc) is 2.82. The van der Waals surface area contributed by atoms with Gasteiger partial charge in [0.15, 0.2) is 0 Å². The first-order valence-corrected chi connectivity index (χ1v) is 10.8. The van der Waals surface area contributed by atoms with Gasteiger partial charge < -0.3 is 4.90 Å². The summed E-state index contributed by atoms with van der Waals surface area (Å²) >= 11 is 0. The van der Waals surface area contributed by atoms with Gasteiger partial charge in [0.05, 0.1) is 11.9 Å². The van der Waals surface area contributed by atoms with E-state index in [1.807, 2.05) is 24.9 Å². The van der Waals surface area contributed by atoms with E-state index in [0.29, 0.717) is 12.0 Å². The number of likely N-dealkylation sites (tertiary alicyclic amines) is 1. The summed E-state index contributed by atoms with van der Waals surface area (Å²) < 4.78 is 24.8. The molecule has 0 saturated carbocycles. The summed E-state index contributed by atoms with van der Waals surface area (Å²) in [6.45, 7) is 4.93. The molecule has 1 aromatic heterocycles. The number of rotatable bonds is 7. The minimum Gasteiger partial charge on any atom is -0.306 e. The minimum absolute atomic E-state index is 0.156. The number of hydrogen-bond acceptors (Lipinski definition) is 5. The van der Waals surface area contributed by atoms with Crippen molar-refractivity contribution in [2.24, 2.45) is 18.9 Å². The topological polar surface area (TPSA) is 58.4 Å². The van der Waals surface area contributed by atoms with Gasteiger partial charge in [-0.05, 0) is 45.3 Å². The first kappa shape index (κ1) is 19.4. The number of piperidine rings is 1. The summed E-state index contributed by atoms with van der Waals surface area (Å²) in [5, 5.41) is 4.34.